The van der Waals surface area contributed by atoms with Crippen molar-refractivity contribution >= 4 is 88.4 Å². The van der Waals surface area contributed by atoms with E-state index in [4.69, 9.17) is 29.4 Å². The van der Waals surface area contributed by atoms with Gasteiger partial charge in [-0.15, -0.1) is 0 Å². The van der Waals surface area contributed by atoms with E-state index in [2.05, 4.69) is 51.3 Å². The van der Waals surface area contributed by atoms with Gasteiger partial charge in [-0.2, -0.15) is 0 Å². The molecule has 0 aliphatic heterocycles. The monoisotopic (exact) mass is 384 g/mol. The van der Waals surface area contributed by atoms with Crippen LogP contribution in [0.4, 0.5) is 0 Å². The van der Waals surface area contributed by atoms with Crippen LogP contribution in [0.5, 0.6) is 0 Å². The van der Waals surface area contributed by atoms with Gasteiger partial charge in [0.25, 0.3) is 0 Å². The van der Waals surface area contributed by atoms with Gasteiger partial charge in [0.05, 0.1) is 0 Å². The predicted octanol–water partition coefficient (Wildman–Crippen LogP) is 1.34. The Morgan fingerprint density at radius 2 is 0.632 bits per heavy atom. The summed E-state index contributed by atoms with van der Waals surface area (Å²) in [6.45, 7) is 1.11. The third kappa shape index (κ3) is 328. The molecule has 11 heteroatoms. The Hall–Kier alpha value is 2.70. The quantitative estimate of drug-likeness (QED) is 0.312. The average Bonchev–Trinajstić information content (AvgIpc) is 2.12. The van der Waals surface area contributed by atoms with E-state index in [0.29, 0.717) is 0 Å². The maximum absolute atomic E-state index is 7.56. The van der Waals surface area contributed by atoms with Gasteiger partial charge in [-0.25, -0.2) is 0 Å². The molecule has 0 aromatic heterocycles. The first-order valence-electron chi connectivity index (χ1n) is 5.39. The molecule has 0 unspecified atom stereocenters. The molecule has 0 amide bonds. The number of unbranched alkanes of at least 4 members (excludes halogenated alkanes) is 2. The molecule has 19 heavy (non-hydrogen) atoms. The second-order valence-electron chi connectivity index (χ2n) is 3.03. The predicted molar refractivity (Wildman–Crippen MR) is 90.2 cm³/mol. The second kappa shape index (κ2) is 23.0. The molecule has 118 valence electrons. The van der Waals surface area contributed by atoms with Gasteiger partial charge >= 0.3 is 64.8 Å². The van der Waals surface area contributed by atoms with Crippen molar-refractivity contribution < 1.29 is 29.4 Å². The van der Waals surface area contributed by atoms with Gasteiger partial charge in [0, 0.05) is 0 Å². The first kappa shape index (κ1) is 33.3. The molecule has 6 nitrogen and oxygen atoms in total. The fourth-order valence-corrected chi connectivity index (χ4v) is 0. The molecule has 0 aromatic rings. The number of hydrogen-bond donors (Lipinski definition) is 6. The van der Waals surface area contributed by atoms with Gasteiger partial charge in [-0.1, -0.05) is 53.4 Å². The second-order valence-corrected chi connectivity index (χ2v) is 8.02. The van der Waals surface area contributed by atoms with Crippen molar-refractivity contribution in [2.45, 2.75) is 53.4 Å². The zero-order valence-electron chi connectivity index (χ0n) is 11.2. The van der Waals surface area contributed by atoms with E-state index < -0.39 is 13.4 Å². The summed E-state index contributed by atoms with van der Waals surface area (Å²) < 4.78 is 0. The number of rotatable bonds is 2. The summed E-state index contributed by atoms with van der Waals surface area (Å²) in [7, 11) is 0. The van der Waals surface area contributed by atoms with Crippen LogP contribution in [0.15, 0.2) is 0 Å². The summed E-state index contributed by atoms with van der Waals surface area (Å²) >= 11 is 7.21. The molecular formula is C8H27KO6P2S2. The molecular weight excluding hydrogens is 357 g/mol. The Morgan fingerprint density at radius 3 is 0.632 bits per heavy atom. The normalized spacial score (nSPS) is 9.37. The summed E-state index contributed by atoms with van der Waals surface area (Å²) in [4.78, 5) is 45.3. The molecule has 0 atom stereocenters. The van der Waals surface area contributed by atoms with E-state index in [-0.39, 0.29) is 51.4 Å². The Kier molecular flexibility index (Phi) is 40.3. The van der Waals surface area contributed by atoms with Crippen LogP contribution in [-0.4, -0.2) is 80.7 Å². The van der Waals surface area contributed by atoms with Gasteiger partial charge in [0.1, 0.15) is 0 Å². The first-order valence-corrected chi connectivity index (χ1v) is 10.7. The molecule has 0 bridgehead atoms. The standard InChI is InChI=1S/2C4H10.K.2H3O3PS.H/c2*1-3-4-2;;2*1-4(2,3)5;/h2*3-4H2,1-2H3;;2*(H3,1,2,3,5);. The van der Waals surface area contributed by atoms with Gasteiger partial charge in [0.15, 0.2) is 0 Å². The maximum atomic E-state index is 7.56. The molecule has 0 saturated carbocycles. The molecule has 0 rings (SSSR count). The Bertz CT molecular complexity index is 189. The zero-order chi connectivity index (χ0) is 15.8. The molecule has 0 fully saturated rings. The van der Waals surface area contributed by atoms with Crippen molar-refractivity contribution in [2.24, 2.45) is 0 Å². The Labute approximate surface area is 169 Å². The van der Waals surface area contributed by atoms with Gasteiger partial charge in [-0.05, 0) is 23.6 Å². The van der Waals surface area contributed by atoms with E-state index in [1.807, 2.05) is 0 Å². The van der Waals surface area contributed by atoms with Crippen molar-refractivity contribution in [3.05, 3.63) is 0 Å². The van der Waals surface area contributed by atoms with Crippen LogP contribution in [-0.2, 0) is 23.6 Å². The van der Waals surface area contributed by atoms with Crippen LogP contribution in [0.2, 0.25) is 0 Å². The van der Waals surface area contributed by atoms with Crippen LogP contribution >= 0.6 is 13.4 Å². The van der Waals surface area contributed by atoms with Crippen LogP contribution < -0.4 is 0 Å². The molecule has 0 heterocycles. The van der Waals surface area contributed by atoms with Crippen molar-refractivity contribution in [2.75, 3.05) is 0 Å². The van der Waals surface area contributed by atoms with Crippen LogP contribution in [0, 0.1) is 0 Å². The fraction of sp³-hybridized carbons (Fsp3) is 1.00. The third-order valence-corrected chi connectivity index (χ3v) is 1.000. The fourth-order valence-electron chi connectivity index (χ4n) is 0. The minimum absolute atomic E-state index is 0. The van der Waals surface area contributed by atoms with Crippen LogP contribution in [0.3, 0.4) is 0 Å². The Morgan fingerprint density at radius 1 is 0.579 bits per heavy atom. The van der Waals surface area contributed by atoms with Crippen LogP contribution in [0.1, 0.15) is 53.4 Å². The molecule has 0 aliphatic rings. The van der Waals surface area contributed by atoms with Crippen LogP contribution in [0.25, 0.3) is 0 Å². The molecule has 0 aliphatic carbocycles. The molecule has 0 spiro atoms. The first-order chi connectivity index (χ1) is 7.83. The van der Waals surface area contributed by atoms with Crippen molar-refractivity contribution in [1.29, 1.82) is 0 Å². The third-order valence-electron chi connectivity index (χ3n) is 1.000. The van der Waals surface area contributed by atoms with E-state index in [1.165, 1.54) is 25.7 Å². The zero-order valence-corrected chi connectivity index (χ0v) is 14.6. The van der Waals surface area contributed by atoms with Gasteiger partial charge < -0.3 is 29.4 Å². The van der Waals surface area contributed by atoms with Crippen molar-refractivity contribution in [3.8, 4) is 0 Å². The number of hydrogen-bond acceptors (Lipinski definition) is 2. The summed E-state index contributed by atoms with van der Waals surface area (Å²) in [5, 5.41) is 0. The van der Waals surface area contributed by atoms with Gasteiger partial charge in [0.2, 0.25) is 0 Å². The van der Waals surface area contributed by atoms with E-state index >= 15 is 0 Å². The summed E-state index contributed by atoms with van der Waals surface area (Å²) in [5.74, 6) is 0. The summed E-state index contributed by atoms with van der Waals surface area (Å²) in [6, 6.07) is 0. The van der Waals surface area contributed by atoms with Crippen molar-refractivity contribution in [3.63, 3.8) is 0 Å². The van der Waals surface area contributed by atoms with E-state index in [9.17, 15) is 0 Å². The minimum atomic E-state index is -3.81. The van der Waals surface area contributed by atoms with E-state index in [1.54, 1.807) is 0 Å². The average molecular weight is 384 g/mol. The van der Waals surface area contributed by atoms with E-state index in [0.717, 1.165) is 0 Å². The molecule has 0 saturated heterocycles. The summed E-state index contributed by atoms with van der Waals surface area (Å²) in [6.07, 6.45) is 5.28. The Balaban J connectivity index is -0.0000000453. The topological polar surface area (TPSA) is 121 Å². The molecule has 0 radical (unpaired) electrons. The molecule has 0 aromatic carbocycles. The summed E-state index contributed by atoms with van der Waals surface area (Å²) in [5.41, 5.74) is 0. The SMILES string of the molecule is CCCC.CCCC.OP(O)(O)=S.OP(O)(O)=S.[KH]. The molecule has 6 N–H and O–H groups in total. The van der Waals surface area contributed by atoms with Crippen molar-refractivity contribution in [1.82, 2.24) is 0 Å². The van der Waals surface area contributed by atoms with Gasteiger partial charge in [-0.3, -0.25) is 0 Å².